The molecule has 2 saturated carbocycles. The van der Waals surface area contributed by atoms with Gasteiger partial charge >= 0.3 is 17.9 Å². The number of benzene rings is 2. The van der Waals surface area contributed by atoms with Crippen molar-refractivity contribution < 1.29 is 70.8 Å². The van der Waals surface area contributed by atoms with E-state index in [9.17, 15) is 47.1 Å². The van der Waals surface area contributed by atoms with Gasteiger partial charge in [0, 0.05) is 82.9 Å². The molecule has 0 radical (unpaired) electrons. The van der Waals surface area contributed by atoms with Crippen molar-refractivity contribution in [2.24, 2.45) is 34.5 Å². The highest BCUT2D eigenvalue weighted by molar-refractivity contribution is 8.13. The Bertz CT molecular complexity index is 3830. The number of halogens is 2. The molecule has 2 aromatic carbocycles. The molecule has 12 rings (SSSR count). The minimum Gasteiger partial charge on any atom is -0.483 e. The van der Waals surface area contributed by atoms with Crippen LogP contribution in [0.4, 0.5) is 0 Å². The van der Waals surface area contributed by atoms with Gasteiger partial charge in [-0.05, 0) is 124 Å². The number of pyridine rings is 2. The molecule has 8 aliphatic rings. The number of hydrogen-bond donors (Lipinski definition) is 1. The molecule has 0 bridgehead atoms. The molecule has 1 N–H and O–H groups in total. The number of nitrogens with zero attached hydrogens (tertiary/aromatic N) is 4. The van der Waals surface area contributed by atoms with E-state index in [0.29, 0.717) is 54.9 Å². The van der Waals surface area contributed by atoms with Crippen molar-refractivity contribution in [2.45, 2.75) is 218 Å². The fourth-order valence-corrected chi connectivity index (χ4v) is 16.2. The number of para-hydroxylation sites is 2. The van der Waals surface area contributed by atoms with Gasteiger partial charge in [0.05, 0.1) is 95.8 Å². The monoisotopic (exact) mass is 1380 g/mol. The molecule has 2 saturated heterocycles. The molecule has 12 atom stereocenters. The molecule has 2 amide bonds. The van der Waals surface area contributed by atoms with E-state index in [1.165, 1.54) is 0 Å². The van der Waals surface area contributed by atoms with Crippen molar-refractivity contribution in [2.75, 3.05) is 32.6 Å². The molecule has 2 spiro atoms. The van der Waals surface area contributed by atoms with E-state index < -0.39 is 66.8 Å². The van der Waals surface area contributed by atoms with Crippen LogP contribution in [-0.4, -0.2) is 136 Å². The van der Waals surface area contributed by atoms with Gasteiger partial charge in [-0.3, -0.25) is 33.6 Å². The standard InChI is InChI=1S/C39H50N2O8.C34H41ClN2O5.CH3ClO2S/c1-6-47-36(46)39-19-26(39)15-11-9-7-8-10-14-25(18-32(44)48-37(3,4)5)35(45)41-23-38(20-29(41)30(42)22-39)21-31(43)33-27-16-12-13-17-28(27)40-24(2)34(33)49-38;1-4-41-32(40)34-16-23(34)13-9-7-5-6-8-12-21(2)31(39)37-20-33(18-27(37)28(38)19-34)17-25(35)29-24-14-10-11-15-26(24)36-22(3)30(29)42-33;1-5(2,3)4/h11-13,15-17,25-26,29,31,43H,6-10,14,18-23H2,1-5H3;9-11,13-15,21,23,25,27H,4-8,12,16-20H2,1-3H3;1H3/b15-11-;13-9-;/t25-,26-,29+,31?,38+,39-;21-,23+,25?,27-,33+,34+;/m10./s1. The van der Waals surface area contributed by atoms with Crippen molar-refractivity contribution in [3.8, 4) is 11.5 Å². The van der Waals surface area contributed by atoms with E-state index in [0.717, 1.165) is 97.1 Å². The Morgan fingerprint density at radius 3 is 1.62 bits per heavy atom. The molecule has 2 unspecified atom stereocenters. The zero-order chi connectivity index (χ0) is 69.3. The predicted octanol–water partition coefficient (Wildman–Crippen LogP) is 12.9. The van der Waals surface area contributed by atoms with E-state index in [2.05, 4.69) is 28.9 Å². The number of aliphatic hydroxyl groups is 1. The van der Waals surface area contributed by atoms with Crippen LogP contribution < -0.4 is 9.47 Å². The van der Waals surface area contributed by atoms with Gasteiger partial charge in [-0.15, -0.1) is 11.6 Å². The summed E-state index contributed by atoms with van der Waals surface area (Å²) in [6.45, 7) is 15.5. The lowest BCUT2D eigenvalue weighted by Crippen LogP contribution is -2.47. The Balaban J connectivity index is 0.000000197. The molecule has 19 nitrogen and oxygen atoms in total. The number of alkyl halides is 1. The summed E-state index contributed by atoms with van der Waals surface area (Å²) < 4.78 is 49.0. The largest absolute Gasteiger partial charge is 0.483 e. The van der Waals surface area contributed by atoms with Gasteiger partial charge in [-0.1, -0.05) is 93.3 Å². The quantitative estimate of drug-likeness (QED) is 0.0619. The molecule has 4 fully saturated rings. The first kappa shape index (κ1) is 72.3. The van der Waals surface area contributed by atoms with Crippen LogP contribution in [0, 0.1) is 48.3 Å². The van der Waals surface area contributed by atoms with Gasteiger partial charge in [0.1, 0.15) is 28.3 Å². The maximum atomic E-state index is 14.6. The summed E-state index contributed by atoms with van der Waals surface area (Å²) >= 11 is 7.14. The normalized spacial score (nSPS) is 31.4. The number of hydrogen-bond acceptors (Lipinski definition) is 17. The van der Waals surface area contributed by atoms with Crippen LogP contribution in [0.1, 0.15) is 198 Å². The van der Waals surface area contributed by atoms with Crippen LogP contribution in [0.25, 0.3) is 21.8 Å². The Labute approximate surface area is 573 Å². The summed E-state index contributed by atoms with van der Waals surface area (Å²) in [7, 11) is 1.31. The predicted molar refractivity (Wildman–Crippen MR) is 365 cm³/mol. The van der Waals surface area contributed by atoms with Gasteiger partial charge in [0.25, 0.3) is 0 Å². The van der Waals surface area contributed by atoms with Crippen molar-refractivity contribution >= 4 is 94.4 Å². The number of rotatable bonds is 6. The van der Waals surface area contributed by atoms with Crippen LogP contribution in [-0.2, 0) is 56.8 Å². The smallest absolute Gasteiger partial charge is 0.313 e. The summed E-state index contributed by atoms with van der Waals surface area (Å²) in [4.78, 5) is 110. The molecule has 2 aromatic heterocycles. The number of ketones is 2. The van der Waals surface area contributed by atoms with E-state index >= 15 is 0 Å². The van der Waals surface area contributed by atoms with Crippen LogP contribution in [0.5, 0.6) is 11.5 Å². The van der Waals surface area contributed by atoms with Gasteiger partial charge in [0.15, 0.2) is 11.6 Å². The summed E-state index contributed by atoms with van der Waals surface area (Å²) in [5.41, 5.74) is 0.163. The third-order valence-corrected chi connectivity index (χ3v) is 20.9. The second kappa shape index (κ2) is 29.1. The lowest BCUT2D eigenvalue weighted by molar-refractivity contribution is -0.159. The number of Topliss-reactive ketones (excluding diaryl/α,β-unsaturated/α-hetero) is 2. The molecular formula is C74H94Cl2N4O15S. The van der Waals surface area contributed by atoms with E-state index in [-0.39, 0.29) is 117 Å². The zero-order valence-electron chi connectivity index (χ0n) is 56.9. The molecule has 6 aliphatic heterocycles. The fourth-order valence-electron chi connectivity index (χ4n) is 15.7. The Morgan fingerprint density at radius 1 is 0.667 bits per heavy atom. The van der Waals surface area contributed by atoms with E-state index in [1.54, 1.807) is 44.4 Å². The topological polar surface area (TPSA) is 252 Å². The van der Waals surface area contributed by atoms with Crippen molar-refractivity contribution in [1.29, 1.82) is 0 Å². The van der Waals surface area contributed by atoms with Crippen LogP contribution in [0.3, 0.4) is 0 Å². The number of aryl methyl sites for hydroxylation is 2. The summed E-state index contributed by atoms with van der Waals surface area (Å²) in [6.07, 6.45) is 19.1. The highest BCUT2D eigenvalue weighted by Gasteiger charge is 2.65. The molecule has 8 heterocycles. The van der Waals surface area contributed by atoms with Crippen molar-refractivity contribution in [1.82, 2.24) is 19.8 Å². The minimum atomic E-state index is -3.19. The SMILES string of the molecule is CCOC(=O)[C@]12CC(=O)[C@@H]3C[C@]4(CC(Cl)c5c(c(C)nc6ccccc56)O4)CN3C(=O)[C@@H](C)CCCCC/C=C\[C@@H]1C2.CCOC(=O)[C@]12CC(=O)[C@@H]3C[C@]4(CC(O)c5c(c(C)nc6ccccc56)O4)CN3C(=O)[C@@H](CC(=O)OC(C)(C)C)CCCCC/C=C\[C@@H]1C2.CS(=O)(=O)Cl. The Kier molecular flexibility index (Phi) is 21.9. The second-order valence-corrected chi connectivity index (χ2v) is 32.7. The number of aliphatic hydroxyl groups excluding tert-OH is 1. The summed E-state index contributed by atoms with van der Waals surface area (Å²) in [5.74, 6) is -1.72. The number of aromatic nitrogens is 2. The summed E-state index contributed by atoms with van der Waals surface area (Å²) in [6, 6.07) is 13.9. The lowest BCUT2D eigenvalue weighted by atomic mass is 9.84. The highest BCUT2D eigenvalue weighted by Crippen LogP contribution is 2.60. The average Bonchev–Trinajstić information content (AvgIpc) is 1.48. The van der Waals surface area contributed by atoms with Gasteiger partial charge in [-0.2, -0.15) is 0 Å². The molecule has 22 heteroatoms. The first-order valence-corrected chi connectivity index (χ1v) is 37.5. The number of amides is 2. The number of carbonyl (C=O) groups is 7. The first-order chi connectivity index (χ1) is 45.4. The molecule has 2 aliphatic carbocycles. The third-order valence-electron chi connectivity index (χ3n) is 20.5. The average molecular weight is 1380 g/mol. The van der Waals surface area contributed by atoms with E-state index in [1.807, 2.05) is 75.4 Å². The molecule has 4 aromatic rings. The van der Waals surface area contributed by atoms with Gasteiger partial charge in [-0.25, -0.2) is 18.4 Å². The number of ether oxygens (including phenoxy) is 5. The maximum Gasteiger partial charge on any atom is 0.313 e. The number of carbonyl (C=O) groups excluding carboxylic acids is 7. The highest BCUT2D eigenvalue weighted by atomic mass is 35.7. The molecule has 520 valence electrons. The minimum absolute atomic E-state index is 0.0175. The number of esters is 3. The Hall–Kier alpha value is -6.48. The second-order valence-electron chi connectivity index (χ2n) is 29.1. The Morgan fingerprint density at radius 2 is 1.12 bits per heavy atom. The van der Waals surface area contributed by atoms with Crippen LogP contribution >= 0.6 is 22.3 Å². The van der Waals surface area contributed by atoms with Gasteiger partial charge in [0.2, 0.25) is 20.9 Å². The van der Waals surface area contributed by atoms with Gasteiger partial charge < -0.3 is 38.6 Å². The fraction of sp³-hybridized carbons (Fsp3) is 0.608. The van der Waals surface area contributed by atoms with Crippen molar-refractivity contribution in [3.05, 3.63) is 95.3 Å². The first-order valence-electron chi connectivity index (χ1n) is 34.4. The number of fused-ring (bicyclic) bond motifs is 10. The third kappa shape index (κ3) is 16.0. The van der Waals surface area contributed by atoms with Crippen molar-refractivity contribution in [3.63, 3.8) is 0 Å². The van der Waals surface area contributed by atoms with E-state index in [4.69, 9.17) is 45.3 Å². The zero-order valence-corrected chi connectivity index (χ0v) is 59.3. The lowest BCUT2D eigenvalue weighted by Gasteiger charge is -2.39. The van der Waals surface area contributed by atoms with Crippen LogP contribution in [0.15, 0.2) is 72.8 Å². The number of allylic oxidation sites excluding steroid dienone is 4. The maximum absolute atomic E-state index is 14.6. The molecular weight excluding hydrogens is 1290 g/mol. The summed E-state index contributed by atoms with van der Waals surface area (Å²) in [5, 5.41) is 13.1. The molecule has 96 heavy (non-hydrogen) atoms. The van der Waals surface area contributed by atoms with Crippen LogP contribution in [0.2, 0.25) is 0 Å².